The van der Waals surface area contributed by atoms with Crippen molar-refractivity contribution in [2.24, 2.45) is 5.73 Å². The molecule has 80 valence electrons. The van der Waals surface area contributed by atoms with Crippen LogP contribution in [0.15, 0.2) is 18.2 Å². The predicted octanol–water partition coefficient (Wildman–Crippen LogP) is 0.986. The lowest BCUT2D eigenvalue weighted by atomic mass is 10.2. The van der Waals surface area contributed by atoms with Crippen LogP contribution < -0.4 is 16.4 Å². The molecule has 1 unspecified atom stereocenters. The number of amides is 1. The molecule has 1 heterocycles. The first-order chi connectivity index (χ1) is 7.08. The number of rotatable bonds is 1. The Morgan fingerprint density at radius 1 is 1.47 bits per heavy atom. The van der Waals surface area contributed by atoms with E-state index in [1.165, 1.54) is 0 Å². The van der Waals surface area contributed by atoms with E-state index in [0.29, 0.717) is 29.4 Å². The number of nitrogens with zero attached hydrogens (tertiary/aromatic N) is 1. The van der Waals surface area contributed by atoms with E-state index in [-0.39, 0.29) is 11.9 Å². The summed E-state index contributed by atoms with van der Waals surface area (Å²) in [5.41, 5.74) is 12.7. The molecular weight excluding hydrogens is 214 g/mol. The Morgan fingerprint density at radius 3 is 2.73 bits per heavy atom. The van der Waals surface area contributed by atoms with Gasteiger partial charge < -0.3 is 16.4 Å². The second kappa shape index (κ2) is 3.72. The maximum Gasteiger partial charge on any atom is 0.228 e. The summed E-state index contributed by atoms with van der Waals surface area (Å²) in [5.74, 6) is 0.0107. The van der Waals surface area contributed by atoms with E-state index in [2.05, 4.69) is 0 Å². The fourth-order valence-corrected chi connectivity index (χ4v) is 1.92. The van der Waals surface area contributed by atoms with Gasteiger partial charge in [0, 0.05) is 24.0 Å². The Balaban J connectivity index is 2.34. The fraction of sp³-hybridized carbons (Fsp3) is 0.300. The van der Waals surface area contributed by atoms with Crippen LogP contribution in [0.4, 0.5) is 11.4 Å². The number of nitrogens with two attached hydrogens (primary N) is 2. The number of hydrogen-bond acceptors (Lipinski definition) is 3. The molecule has 0 radical (unpaired) electrons. The average Bonchev–Trinajstić information content (AvgIpc) is 2.45. The quantitative estimate of drug-likeness (QED) is 0.700. The fourth-order valence-electron chi connectivity index (χ4n) is 1.74. The summed E-state index contributed by atoms with van der Waals surface area (Å²) < 4.78 is 0. The van der Waals surface area contributed by atoms with Crippen LogP contribution in [0.25, 0.3) is 0 Å². The van der Waals surface area contributed by atoms with Gasteiger partial charge in [0.1, 0.15) is 0 Å². The van der Waals surface area contributed by atoms with Crippen LogP contribution >= 0.6 is 11.6 Å². The highest BCUT2D eigenvalue weighted by molar-refractivity contribution is 6.31. The smallest absolute Gasteiger partial charge is 0.228 e. The van der Waals surface area contributed by atoms with Crippen LogP contribution in [0, 0.1) is 0 Å². The van der Waals surface area contributed by atoms with E-state index in [1.54, 1.807) is 23.1 Å². The van der Waals surface area contributed by atoms with Crippen molar-refractivity contribution < 1.29 is 4.79 Å². The number of anilines is 2. The van der Waals surface area contributed by atoms with Crippen molar-refractivity contribution in [1.29, 1.82) is 0 Å². The van der Waals surface area contributed by atoms with Gasteiger partial charge in [0.2, 0.25) is 5.91 Å². The molecule has 4 nitrogen and oxygen atoms in total. The van der Waals surface area contributed by atoms with Gasteiger partial charge in [-0.15, -0.1) is 0 Å². The number of benzene rings is 1. The summed E-state index contributed by atoms with van der Waals surface area (Å²) in [4.78, 5) is 13.2. The van der Waals surface area contributed by atoms with Crippen molar-refractivity contribution in [1.82, 2.24) is 0 Å². The maximum absolute atomic E-state index is 11.6. The molecule has 4 N–H and O–H groups in total. The minimum Gasteiger partial charge on any atom is -0.397 e. The van der Waals surface area contributed by atoms with Gasteiger partial charge in [-0.05, 0) is 18.2 Å². The molecule has 0 spiro atoms. The van der Waals surface area contributed by atoms with E-state index in [0.717, 1.165) is 0 Å². The number of carbonyl (C=O) groups is 1. The number of nitrogen functional groups attached to an aromatic ring is 1. The second-order valence-corrected chi connectivity index (χ2v) is 4.11. The molecule has 0 saturated carbocycles. The number of carbonyl (C=O) groups excluding carboxylic acids is 1. The third kappa shape index (κ3) is 1.91. The van der Waals surface area contributed by atoms with Crippen LogP contribution in [0.2, 0.25) is 5.02 Å². The van der Waals surface area contributed by atoms with Gasteiger partial charge in [-0.25, -0.2) is 0 Å². The second-order valence-electron chi connectivity index (χ2n) is 3.67. The number of halogens is 1. The molecule has 0 aliphatic carbocycles. The van der Waals surface area contributed by atoms with E-state index in [4.69, 9.17) is 23.1 Å². The standard InChI is InChI=1S/C10H12ClN3O/c11-6-1-2-9(8(13)3-6)14-5-7(12)4-10(14)15/h1-3,7H,4-5,12-13H2. The normalized spacial score (nSPS) is 21.1. The summed E-state index contributed by atoms with van der Waals surface area (Å²) in [5, 5.41) is 0.562. The highest BCUT2D eigenvalue weighted by atomic mass is 35.5. The molecular formula is C10H12ClN3O. The largest absolute Gasteiger partial charge is 0.397 e. The Hall–Kier alpha value is -1.26. The molecule has 2 rings (SSSR count). The first kappa shape index (κ1) is 10.3. The Morgan fingerprint density at radius 2 is 2.20 bits per heavy atom. The molecule has 15 heavy (non-hydrogen) atoms. The third-order valence-corrected chi connectivity index (χ3v) is 2.67. The van der Waals surface area contributed by atoms with Crippen molar-refractivity contribution in [2.75, 3.05) is 17.2 Å². The molecule has 0 bridgehead atoms. The van der Waals surface area contributed by atoms with Gasteiger partial charge in [0.05, 0.1) is 11.4 Å². The Labute approximate surface area is 92.8 Å². The zero-order valence-corrected chi connectivity index (χ0v) is 8.87. The molecule has 0 aromatic heterocycles. The molecule has 1 aliphatic heterocycles. The highest BCUT2D eigenvalue weighted by Crippen LogP contribution is 2.29. The van der Waals surface area contributed by atoms with Crippen molar-refractivity contribution >= 4 is 28.9 Å². The highest BCUT2D eigenvalue weighted by Gasteiger charge is 2.29. The lowest BCUT2D eigenvalue weighted by Gasteiger charge is -2.18. The molecule has 1 aromatic rings. The van der Waals surface area contributed by atoms with Gasteiger partial charge in [-0.2, -0.15) is 0 Å². The van der Waals surface area contributed by atoms with Gasteiger partial charge in [0.25, 0.3) is 0 Å². The van der Waals surface area contributed by atoms with Gasteiger partial charge in [0.15, 0.2) is 0 Å². The Bertz CT molecular complexity index is 408. The van der Waals surface area contributed by atoms with Gasteiger partial charge >= 0.3 is 0 Å². The summed E-state index contributed by atoms with van der Waals surface area (Å²) >= 11 is 5.78. The summed E-state index contributed by atoms with van der Waals surface area (Å²) in [6.45, 7) is 0.519. The lowest BCUT2D eigenvalue weighted by Crippen LogP contribution is -2.28. The van der Waals surface area contributed by atoms with Crippen molar-refractivity contribution in [3.8, 4) is 0 Å². The molecule has 1 atom stereocenters. The summed E-state index contributed by atoms with van der Waals surface area (Å²) in [6.07, 6.45) is 0.377. The first-order valence-electron chi connectivity index (χ1n) is 4.69. The monoisotopic (exact) mass is 225 g/mol. The lowest BCUT2D eigenvalue weighted by molar-refractivity contribution is -0.117. The summed E-state index contributed by atoms with van der Waals surface area (Å²) in [6, 6.07) is 4.99. The summed E-state index contributed by atoms with van der Waals surface area (Å²) in [7, 11) is 0. The minimum absolute atomic E-state index is 0.0107. The molecule has 5 heteroatoms. The SMILES string of the molecule is Nc1cc(Cl)ccc1N1CC(N)CC1=O. The molecule has 1 aliphatic rings. The van der Waals surface area contributed by atoms with Crippen LogP contribution in [0.3, 0.4) is 0 Å². The van der Waals surface area contributed by atoms with Crippen LogP contribution in [-0.4, -0.2) is 18.5 Å². The Kier molecular flexibility index (Phi) is 2.54. The zero-order valence-electron chi connectivity index (χ0n) is 8.11. The van der Waals surface area contributed by atoms with Crippen molar-refractivity contribution in [3.63, 3.8) is 0 Å². The van der Waals surface area contributed by atoms with E-state index >= 15 is 0 Å². The van der Waals surface area contributed by atoms with Crippen LogP contribution in [0.5, 0.6) is 0 Å². The average molecular weight is 226 g/mol. The predicted molar refractivity (Wildman–Crippen MR) is 60.8 cm³/mol. The van der Waals surface area contributed by atoms with Crippen molar-refractivity contribution in [2.45, 2.75) is 12.5 Å². The maximum atomic E-state index is 11.6. The first-order valence-corrected chi connectivity index (χ1v) is 5.06. The van der Waals surface area contributed by atoms with E-state index < -0.39 is 0 Å². The molecule has 1 saturated heterocycles. The number of hydrogen-bond donors (Lipinski definition) is 2. The van der Waals surface area contributed by atoms with Crippen LogP contribution in [0.1, 0.15) is 6.42 Å². The van der Waals surface area contributed by atoms with E-state index in [9.17, 15) is 4.79 Å². The molecule has 1 amide bonds. The zero-order chi connectivity index (χ0) is 11.0. The van der Waals surface area contributed by atoms with Gasteiger partial charge in [-0.1, -0.05) is 11.6 Å². The third-order valence-electron chi connectivity index (χ3n) is 2.44. The van der Waals surface area contributed by atoms with Gasteiger partial charge in [-0.3, -0.25) is 4.79 Å². The molecule has 1 fully saturated rings. The molecule has 1 aromatic carbocycles. The van der Waals surface area contributed by atoms with E-state index in [1.807, 2.05) is 0 Å². The van der Waals surface area contributed by atoms with Crippen molar-refractivity contribution in [3.05, 3.63) is 23.2 Å². The topological polar surface area (TPSA) is 72.3 Å². The van der Waals surface area contributed by atoms with Crippen LogP contribution in [-0.2, 0) is 4.79 Å². The minimum atomic E-state index is -0.104.